The molecule has 0 bridgehead atoms. The van der Waals surface area contributed by atoms with E-state index in [1.165, 1.54) is 25.0 Å². The second-order valence-electron chi connectivity index (χ2n) is 9.62. The molecule has 2 aromatic heterocycles. The van der Waals surface area contributed by atoms with E-state index in [2.05, 4.69) is 31.3 Å². The summed E-state index contributed by atoms with van der Waals surface area (Å²) in [6, 6.07) is 11.8. The summed E-state index contributed by atoms with van der Waals surface area (Å²) < 4.78 is 25.3. The molecule has 1 N–H and O–H groups in total. The quantitative estimate of drug-likeness (QED) is 0.589. The largest absolute Gasteiger partial charge is 0.477 e. The molecule has 0 spiro atoms. The van der Waals surface area contributed by atoms with E-state index in [9.17, 15) is 4.39 Å². The number of nitrogens with zero attached hydrogens (tertiary/aromatic N) is 4. The molecule has 6 rings (SSSR count). The van der Waals surface area contributed by atoms with E-state index in [4.69, 9.17) is 9.26 Å². The molecule has 0 unspecified atom stereocenters. The maximum Gasteiger partial charge on any atom is 0.213 e. The van der Waals surface area contributed by atoms with Crippen LogP contribution in [0.5, 0.6) is 5.88 Å². The van der Waals surface area contributed by atoms with Crippen molar-refractivity contribution < 1.29 is 13.7 Å². The Labute approximate surface area is 192 Å². The van der Waals surface area contributed by atoms with Crippen molar-refractivity contribution in [2.45, 2.75) is 44.3 Å². The minimum absolute atomic E-state index is 0.259. The molecule has 7 nitrogen and oxygen atoms in total. The predicted octanol–water partition coefficient (Wildman–Crippen LogP) is 3.59. The van der Waals surface area contributed by atoms with Gasteiger partial charge in [-0.25, -0.2) is 9.37 Å². The van der Waals surface area contributed by atoms with Crippen LogP contribution in [0.25, 0.3) is 11.0 Å². The Morgan fingerprint density at radius 3 is 2.94 bits per heavy atom. The summed E-state index contributed by atoms with van der Waals surface area (Å²) in [6.45, 7) is 5.27. The summed E-state index contributed by atoms with van der Waals surface area (Å²) >= 11 is 0. The predicted molar refractivity (Wildman–Crippen MR) is 124 cm³/mol. The van der Waals surface area contributed by atoms with Crippen molar-refractivity contribution in [3.05, 3.63) is 47.9 Å². The zero-order valence-corrected chi connectivity index (χ0v) is 18.8. The number of hydrogen-bond acceptors (Lipinski definition) is 7. The molecule has 2 atom stereocenters. The molecule has 4 heterocycles. The van der Waals surface area contributed by atoms with Crippen LogP contribution in [0.2, 0.25) is 0 Å². The van der Waals surface area contributed by atoms with Crippen LogP contribution in [0.4, 0.5) is 10.2 Å². The van der Waals surface area contributed by atoms with Gasteiger partial charge in [0.15, 0.2) is 11.4 Å². The molecule has 1 aliphatic carbocycles. The number of piperidine rings is 1. The van der Waals surface area contributed by atoms with Crippen LogP contribution in [0, 0.1) is 11.7 Å². The minimum atomic E-state index is -0.259. The molecular weight excluding hydrogens is 421 g/mol. The normalized spacial score (nSPS) is 23.6. The average molecular weight is 452 g/mol. The van der Waals surface area contributed by atoms with E-state index < -0.39 is 0 Å². The second kappa shape index (κ2) is 8.91. The third kappa shape index (κ3) is 4.68. The fourth-order valence-electron chi connectivity index (χ4n) is 5.09. The van der Waals surface area contributed by atoms with Crippen molar-refractivity contribution in [2.24, 2.45) is 5.92 Å². The number of anilines is 1. The molecule has 33 heavy (non-hydrogen) atoms. The summed E-state index contributed by atoms with van der Waals surface area (Å²) in [5, 5.41) is 8.51. The SMILES string of the molecule is Fc1ccc2onc(N3CCN4C[C@H](COc5cccc(CNC6CC6)n5)CC[C@@H]4C3)c2c1. The number of halogens is 1. The molecule has 8 heteroatoms. The van der Waals surface area contributed by atoms with E-state index in [-0.39, 0.29) is 5.82 Å². The molecule has 2 saturated heterocycles. The Hall–Kier alpha value is -2.71. The van der Waals surface area contributed by atoms with Crippen LogP contribution in [0.3, 0.4) is 0 Å². The van der Waals surface area contributed by atoms with Gasteiger partial charge in [0, 0.05) is 56.8 Å². The summed E-state index contributed by atoms with van der Waals surface area (Å²) in [4.78, 5) is 9.47. The van der Waals surface area contributed by atoms with Gasteiger partial charge in [0.25, 0.3) is 0 Å². The van der Waals surface area contributed by atoms with Crippen LogP contribution in [-0.4, -0.2) is 59.9 Å². The van der Waals surface area contributed by atoms with Crippen molar-refractivity contribution in [3.8, 4) is 5.88 Å². The Bertz CT molecular complexity index is 1120. The molecule has 0 radical (unpaired) electrons. The maximum atomic E-state index is 13.7. The molecule has 3 aromatic rings. The Morgan fingerprint density at radius 1 is 1.09 bits per heavy atom. The Morgan fingerprint density at radius 2 is 2.03 bits per heavy atom. The number of hydrogen-bond donors (Lipinski definition) is 1. The van der Waals surface area contributed by atoms with Crippen LogP contribution in [0.1, 0.15) is 31.4 Å². The highest BCUT2D eigenvalue weighted by Gasteiger charge is 2.34. The fraction of sp³-hybridized carbons (Fsp3) is 0.520. The summed E-state index contributed by atoms with van der Waals surface area (Å²) in [5.41, 5.74) is 1.68. The van der Waals surface area contributed by atoms with Gasteiger partial charge >= 0.3 is 0 Å². The summed E-state index contributed by atoms with van der Waals surface area (Å²) in [7, 11) is 0. The first kappa shape index (κ1) is 20.9. The smallest absolute Gasteiger partial charge is 0.213 e. The number of benzene rings is 1. The standard InChI is InChI=1S/C25H30FN5O2/c26-18-5-9-23-22(12-18)25(29-33-23)31-11-10-30-14-17(4-8-21(30)15-31)16-32-24-3-1-2-20(28-24)13-27-19-6-7-19/h1-3,5,9,12,17,19,21,27H,4,6-8,10-11,13-16H2/t17-,21-/m1/s1. The number of nitrogens with one attached hydrogen (secondary N) is 1. The van der Waals surface area contributed by atoms with Crippen LogP contribution < -0.4 is 15.0 Å². The van der Waals surface area contributed by atoms with E-state index in [1.54, 1.807) is 6.07 Å². The molecule has 0 amide bonds. The van der Waals surface area contributed by atoms with Gasteiger partial charge < -0.3 is 19.5 Å². The minimum Gasteiger partial charge on any atom is -0.477 e. The zero-order valence-electron chi connectivity index (χ0n) is 18.8. The number of piperazine rings is 1. The monoisotopic (exact) mass is 451 g/mol. The number of fused-ring (bicyclic) bond motifs is 2. The maximum absolute atomic E-state index is 13.7. The van der Waals surface area contributed by atoms with Gasteiger partial charge in [0.05, 0.1) is 17.7 Å². The van der Waals surface area contributed by atoms with Crippen molar-refractivity contribution in [1.29, 1.82) is 0 Å². The van der Waals surface area contributed by atoms with Crippen molar-refractivity contribution in [3.63, 3.8) is 0 Å². The van der Waals surface area contributed by atoms with Gasteiger partial charge in [0.1, 0.15) is 5.82 Å². The van der Waals surface area contributed by atoms with Gasteiger partial charge in [-0.2, -0.15) is 0 Å². The first-order valence-corrected chi connectivity index (χ1v) is 12.1. The van der Waals surface area contributed by atoms with Gasteiger partial charge in [0.2, 0.25) is 5.88 Å². The van der Waals surface area contributed by atoms with Crippen LogP contribution in [0.15, 0.2) is 40.9 Å². The molecule has 174 valence electrons. The Kier molecular flexibility index (Phi) is 5.63. The van der Waals surface area contributed by atoms with Crippen molar-refractivity contribution in [2.75, 3.05) is 37.7 Å². The lowest BCUT2D eigenvalue weighted by Crippen LogP contribution is -2.57. The lowest BCUT2D eigenvalue weighted by atomic mass is 9.91. The molecule has 1 aromatic carbocycles. The van der Waals surface area contributed by atoms with Crippen molar-refractivity contribution in [1.82, 2.24) is 20.4 Å². The third-order valence-corrected chi connectivity index (χ3v) is 7.12. The number of aromatic nitrogens is 2. The van der Waals surface area contributed by atoms with E-state index in [1.807, 2.05) is 12.1 Å². The molecule has 2 aliphatic heterocycles. The third-order valence-electron chi connectivity index (χ3n) is 7.12. The highest BCUT2D eigenvalue weighted by molar-refractivity contribution is 5.88. The van der Waals surface area contributed by atoms with Crippen LogP contribution in [-0.2, 0) is 6.54 Å². The molecule has 3 fully saturated rings. The number of ether oxygens (including phenoxy) is 1. The highest BCUT2D eigenvalue weighted by atomic mass is 19.1. The lowest BCUT2D eigenvalue weighted by Gasteiger charge is -2.46. The van der Waals surface area contributed by atoms with E-state index in [0.29, 0.717) is 30.2 Å². The summed E-state index contributed by atoms with van der Waals surface area (Å²) in [6.07, 6.45) is 4.81. The Balaban J connectivity index is 1.03. The number of rotatable bonds is 7. The van der Waals surface area contributed by atoms with Gasteiger partial charge in [-0.1, -0.05) is 11.2 Å². The number of pyridine rings is 1. The molecule has 3 aliphatic rings. The van der Waals surface area contributed by atoms with Crippen LogP contribution >= 0.6 is 0 Å². The zero-order chi connectivity index (χ0) is 22.2. The fourth-order valence-corrected chi connectivity index (χ4v) is 5.09. The van der Waals surface area contributed by atoms with E-state index in [0.717, 1.165) is 68.3 Å². The molecular formula is C25H30FN5O2. The van der Waals surface area contributed by atoms with E-state index >= 15 is 0 Å². The summed E-state index contributed by atoms with van der Waals surface area (Å²) in [5.74, 6) is 1.73. The topological polar surface area (TPSA) is 66.7 Å². The van der Waals surface area contributed by atoms with Gasteiger partial charge in [-0.05, 0) is 49.9 Å². The second-order valence-corrected chi connectivity index (χ2v) is 9.62. The van der Waals surface area contributed by atoms with Crippen molar-refractivity contribution >= 4 is 16.8 Å². The van der Waals surface area contributed by atoms with Gasteiger partial charge in [-0.15, -0.1) is 0 Å². The average Bonchev–Trinajstić information content (AvgIpc) is 3.59. The first-order chi connectivity index (χ1) is 16.2. The lowest BCUT2D eigenvalue weighted by molar-refractivity contribution is 0.0716. The first-order valence-electron chi connectivity index (χ1n) is 12.1. The van der Waals surface area contributed by atoms with Gasteiger partial charge in [-0.3, -0.25) is 4.90 Å². The molecule has 1 saturated carbocycles. The highest BCUT2D eigenvalue weighted by Crippen LogP contribution is 2.31.